The highest BCUT2D eigenvalue weighted by atomic mass is 15.3. The second kappa shape index (κ2) is 8.19. The van der Waals surface area contributed by atoms with E-state index in [-0.39, 0.29) is 0 Å². The maximum absolute atomic E-state index is 9.31. The fourth-order valence-electron chi connectivity index (χ4n) is 3.58. The largest absolute Gasteiger partial charge is 0.368 e. The van der Waals surface area contributed by atoms with Crippen molar-refractivity contribution in [3.8, 4) is 6.07 Å². The molecule has 4 rings (SSSR count). The summed E-state index contributed by atoms with van der Waals surface area (Å²) in [5, 5.41) is 12.6. The molecular formula is C23H24N6. The van der Waals surface area contributed by atoms with Crippen molar-refractivity contribution in [2.24, 2.45) is 0 Å². The van der Waals surface area contributed by atoms with Crippen molar-refractivity contribution >= 4 is 23.1 Å². The molecule has 0 radical (unpaired) electrons. The van der Waals surface area contributed by atoms with Crippen molar-refractivity contribution in [3.63, 3.8) is 0 Å². The zero-order valence-electron chi connectivity index (χ0n) is 16.8. The molecule has 29 heavy (non-hydrogen) atoms. The molecule has 0 saturated carbocycles. The Morgan fingerprint density at radius 1 is 0.897 bits per heavy atom. The number of rotatable bonds is 4. The van der Waals surface area contributed by atoms with E-state index in [0.29, 0.717) is 11.4 Å². The molecule has 6 nitrogen and oxygen atoms in total. The van der Waals surface area contributed by atoms with Crippen LogP contribution in [0.1, 0.15) is 16.8 Å². The average Bonchev–Trinajstić information content (AvgIpc) is 2.74. The smallest absolute Gasteiger partial charge is 0.227 e. The second-order valence-electron chi connectivity index (χ2n) is 7.29. The number of benzene rings is 2. The Kier molecular flexibility index (Phi) is 5.30. The SMILES string of the molecule is Cc1cccc(N2CCN(c3nc(C)cc(Nc4ccccc4C#N)n3)CC2)c1. The van der Waals surface area contributed by atoms with E-state index < -0.39 is 0 Å². The maximum Gasteiger partial charge on any atom is 0.227 e. The van der Waals surface area contributed by atoms with E-state index in [1.54, 1.807) is 6.07 Å². The molecule has 1 aromatic heterocycles. The molecular weight excluding hydrogens is 360 g/mol. The van der Waals surface area contributed by atoms with Crippen LogP contribution in [0.5, 0.6) is 0 Å². The van der Waals surface area contributed by atoms with Gasteiger partial charge in [-0.05, 0) is 43.7 Å². The molecule has 2 aromatic carbocycles. The highest BCUT2D eigenvalue weighted by Gasteiger charge is 2.20. The first kappa shape index (κ1) is 18.8. The average molecular weight is 384 g/mol. The lowest BCUT2D eigenvalue weighted by Crippen LogP contribution is -2.47. The Labute approximate surface area is 171 Å². The maximum atomic E-state index is 9.31. The van der Waals surface area contributed by atoms with Gasteiger partial charge in [-0.2, -0.15) is 10.2 Å². The number of hydrogen-bond acceptors (Lipinski definition) is 6. The second-order valence-corrected chi connectivity index (χ2v) is 7.29. The molecule has 0 amide bonds. The molecule has 0 atom stereocenters. The predicted octanol–water partition coefficient (Wildman–Crippen LogP) is 4.04. The van der Waals surface area contributed by atoms with Crippen molar-refractivity contribution in [3.05, 3.63) is 71.4 Å². The lowest BCUT2D eigenvalue weighted by molar-refractivity contribution is 0.639. The fourth-order valence-corrected chi connectivity index (χ4v) is 3.58. The lowest BCUT2D eigenvalue weighted by Gasteiger charge is -2.36. The highest BCUT2D eigenvalue weighted by Crippen LogP contribution is 2.23. The van der Waals surface area contributed by atoms with Crippen molar-refractivity contribution in [2.45, 2.75) is 13.8 Å². The van der Waals surface area contributed by atoms with Gasteiger partial charge in [-0.15, -0.1) is 0 Å². The van der Waals surface area contributed by atoms with Crippen LogP contribution >= 0.6 is 0 Å². The highest BCUT2D eigenvalue weighted by molar-refractivity contribution is 5.65. The van der Waals surface area contributed by atoms with Gasteiger partial charge in [0.1, 0.15) is 11.9 Å². The molecule has 1 saturated heterocycles. The molecule has 2 heterocycles. The standard InChI is InChI=1S/C23H24N6/c1-17-6-5-8-20(14-17)28-10-12-29(13-11-28)23-25-18(2)15-22(27-23)26-21-9-4-3-7-19(21)16-24/h3-9,14-15H,10-13H2,1-2H3,(H,25,26,27). The van der Waals surface area contributed by atoms with Crippen LogP contribution in [0.4, 0.5) is 23.1 Å². The molecule has 1 aliphatic rings. The Bertz CT molecular complexity index is 1050. The van der Waals surface area contributed by atoms with E-state index in [1.807, 2.05) is 31.2 Å². The quantitative estimate of drug-likeness (QED) is 0.732. The number of hydrogen-bond donors (Lipinski definition) is 1. The van der Waals surface area contributed by atoms with Crippen LogP contribution in [0.2, 0.25) is 0 Å². The van der Waals surface area contributed by atoms with Crippen LogP contribution in [-0.2, 0) is 0 Å². The minimum atomic E-state index is 0.595. The van der Waals surface area contributed by atoms with Crippen molar-refractivity contribution in [1.82, 2.24) is 9.97 Å². The minimum Gasteiger partial charge on any atom is -0.368 e. The first-order valence-electron chi connectivity index (χ1n) is 9.81. The molecule has 3 aromatic rings. The summed E-state index contributed by atoms with van der Waals surface area (Å²) in [5.41, 5.74) is 4.79. The first-order valence-corrected chi connectivity index (χ1v) is 9.81. The van der Waals surface area contributed by atoms with E-state index in [2.05, 4.69) is 57.4 Å². The van der Waals surface area contributed by atoms with E-state index in [4.69, 9.17) is 4.98 Å². The van der Waals surface area contributed by atoms with Gasteiger partial charge in [0.05, 0.1) is 11.3 Å². The molecule has 0 spiro atoms. The number of para-hydroxylation sites is 1. The van der Waals surface area contributed by atoms with E-state index in [0.717, 1.165) is 43.5 Å². The summed E-state index contributed by atoms with van der Waals surface area (Å²) in [6, 6.07) is 20.2. The number of nitrogens with zero attached hydrogens (tertiary/aromatic N) is 5. The number of nitriles is 1. The van der Waals surface area contributed by atoms with Gasteiger partial charge in [-0.3, -0.25) is 0 Å². The summed E-state index contributed by atoms with van der Waals surface area (Å²) < 4.78 is 0. The normalized spacial score (nSPS) is 13.8. The zero-order chi connectivity index (χ0) is 20.2. The summed E-state index contributed by atoms with van der Waals surface area (Å²) in [7, 11) is 0. The van der Waals surface area contributed by atoms with Gasteiger partial charge in [-0.1, -0.05) is 24.3 Å². The number of aryl methyl sites for hydroxylation is 2. The predicted molar refractivity (Wildman–Crippen MR) is 117 cm³/mol. The van der Waals surface area contributed by atoms with Crippen LogP contribution < -0.4 is 15.1 Å². The van der Waals surface area contributed by atoms with Gasteiger partial charge < -0.3 is 15.1 Å². The monoisotopic (exact) mass is 384 g/mol. The Morgan fingerprint density at radius 2 is 1.66 bits per heavy atom. The molecule has 1 N–H and O–H groups in total. The van der Waals surface area contributed by atoms with Crippen molar-refractivity contribution in [2.75, 3.05) is 41.3 Å². The van der Waals surface area contributed by atoms with Gasteiger partial charge >= 0.3 is 0 Å². The Morgan fingerprint density at radius 3 is 2.41 bits per heavy atom. The van der Waals surface area contributed by atoms with Gasteiger partial charge in [0.2, 0.25) is 5.95 Å². The fraction of sp³-hybridized carbons (Fsp3) is 0.261. The van der Waals surface area contributed by atoms with Crippen LogP contribution in [0.15, 0.2) is 54.6 Å². The molecule has 0 bridgehead atoms. The zero-order valence-corrected chi connectivity index (χ0v) is 16.8. The number of anilines is 4. The van der Waals surface area contributed by atoms with Gasteiger partial charge in [-0.25, -0.2) is 4.98 Å². The topological polar surface area (TPSA) is 68.1 Å². The van der Waals surface area contributed by atoms with Gasteiger partial charge in [0.15, 0.2) is 0 Å². The first-order chi connectivity index (χ1) is 14.1. The number of piperazine rings is 1. The number of nitrogens with one attached hydrogen (secondary N) is 1. The van der Waals surface area contributed by atoms with Crippen molar-refractivity contribution in [1.29, 1.82) is 5.26 Å². The van der Waals surface area contributed by atoms with Crippen LogP contribution in [0, 0.1) is 25.2 Å². The van der Waals surface area contributed by atoms with Crippen LogP contribution in [0.25, 0.3) is 0 Å². The number of aromatic nitrogens is 2. The van der Waals surface area contributed by atoms with Crippen LogP contribution in [-0.4, -0.2) is 36.1 Å². The van der Waals surface area contributed by atoms with Crippen molar-refractivity contribution < 1.29 is 0 Å². The van der Waals surface area contributed by atoms with Crippen LogP contribution in [0.3, 0.4) is 0 Å². The van der Waals surface area contributed by atoms with Gasteiger partial charge in [0, 0.05) is 43.6 Å². The van der Waals surface area contributed by atoms with E-state index >= 15 is 0 Å². The summed E-state index contributed by atoms with van der Waals surface area (Å²) in [4.78, 5) is 14.0. The molecule has 146 valence electrons. The summed E-state index contributed by atoms with van der Waals surface area (Å²) in [6.45, 7) is 7.69. The third kappa shape index (κ3) is 4.30. The molecule has 0 aliphatic carbocycles. The summed E-state index contributed by atoms with van der Waals surface area (Å²) >= 11 is 0. The Balaban J connectivity index is 1.49. The third-order valence-corrected chi connectivity index (χ3v) is 5.08. The van der Waals surface area contributed by atoms with Gasteiger partial charge in [0.25, 0.3) is 0 Å². The lowest BCUT2D eigenvalue weighted by atomic mass is 10.2. The molecule has 1 fully saturated rings. The molecule has 0 unspecified atom stereocenters. The summed E-state index contributed by atoms with van der Waals surface area (Å²) in [5.74, 6) is 1.43. The Hall–Kier alpha value is -3.59. The third-order valence-electron chi connectivity index (χ3n) is 5.08. The minimum absolute atomic E-state index is 0.595. The van der Waals surface area contributed by atoms with E-state index in [9.17, 15) is 5.26 Å². The molecule has 1 aliphatic heterocycles. The molecule has 6 heteroatoms. The van der Waals surface area contributed by atoms with E-state index in [1.165, 1.54) is 11.3 Å². The summed E-state index contributed by atoms with van der Waals surface area (Å²) in [6.07, 6.45) is 0.